The van der Waals surface area contributed by atoms with E-state index in [9.17, 15) is 14.3 Å². The lowest BCUT2D eigenvalue weighted by atomic mass is 9.79. The van der Waals surface area contributed by atoms with Gasteiger partial charge >= 0.3 is 0 Å². The summed E-state index contributed by atoms with van der Waals surface area (Å²) in [6.07, 6.45) is 3.54. The summed E-state index contributed by atoms with van der Waals surface area (Å²) in [5, 5.41) is 10.7. The molecular formula is C24H22F2N4O2. The van der Waals surface area contributed by atoms with E-state index in [1.54, 1.807) is 17.9 Å². The average molecular weight is 436 g/mol. The number of carbonyl (C=O) groups excluding carboxylic acids is 1. The lowest BCUT2D eigenvalue weighted by Gasteiger charge is -2.48. The zero-order chi connectivity index (χ0) is 22.6. The van der Waals surface area contributed by atoms with Crippen molar-refractivity contribution in [1.29, 1.82) is 0 Å². The number of aromatic nitrogens is 2. The fraction of sp³-hybridized carbons (Fsp3) is 0.292. The number of likely N-dealkylation sites (tertiary alicyclic amines) is 1. The minimum Gasteiger partial charge on any atom is -0.507 e. The number of rotatable bonds is 3. The molecule has 0 aliphatic carbocycles. The number of aryl methyl sites for hydroxylation is 1. The Morgan fingerprint density at radius 1 is 1.22 bits per heavy atom. The zero-order valence-corrected chi connectivity index (χ0v) is 17.6. The highest BCUT2D eigenvalue weighted by atomic mass is 19.1. The van der Waals surface area contributed by atoms with E-state index in [1.165, 1.54) is 30.6 Å². The summed E-state index contributed by atoms with van der Waals surface area (Å²) in [7, 11) is 0. The molecule has 0 saturated carbocycles. The second kappa shape index (κ2) is 7.25. The molecule has 2 aromatic carbocycles. The van der Waals surface area contributed by atoms with Crippen LogP contribution < -0.4 is 4.90 Å². The summed E-state index contributed by atoms with van der Waals surface area (Å²) in [4.78, 5) is 24.3. The van der Waals surface area contributed by atoms with Gasteiger partial charge in [-0.05, 0) is 43.2 Å². The van der Waals surface area contributed by atoms with Gasteiger partial charge in [-0.2, -0.15) is 0 Å². The van der Waals surface area contributed by atoms with Crippen LogP contribution >= 0.6 is 0 Å². The van der Waals surface area contributed by atoms with E-state index in [1.807, 2.05) is 0 Å². The largest absolute Gasteiger partial charge is 0.507 e. The fourth-order valence-electron chi connectivity index (χ4n) is 5.02. The first-order valence-corrected chi connectivity index (χ1v) is 10.4. The van der Waals surface area contributed by atoms with Gasteiger partial charge in [0.05, 0.1) is 5.56 Å². The van der Waals surface area contributed by atoms with Gasteiger partial charge in [-0.25, -0.2) is 18.7 Å². The van der Waals surface area contributed by atoms with E-state index in [4.69, 9.17) is 0 Å². The molecule has 0 unspecified atom stereocenters. The number of carbonyl (C=O) groups is 1. The summed E-state index contributed by atoms with van der Waals surface area (Å²) in [6, 6.07) is 5.62. The van der Waals surface area contributed by atoms with Gasteiger partial charge in [0, 0.05) is 42.5 Å². The number of hydrogen-bond donors (Lipinski definition) is 1. The van der Waals surface area contributed by atoms with Crippen molar-refractivity contribution in [3.63, 3.8) is 0 Å². The van der Waals surface area contributed by atoms with Crippen molar-refractivity contribution in [3.8, 4) is 16.9 Å². The number of aromatic hydroxyl groups is 1. The Kier molecular flexibility index (Phi) is 4.62. The van der Waals surface area contributed by atoms with E-state index in [2.05, 4.69) is 21.4 Å². The first-order valence-electron chi connectivity index (χ1n) is 10.4. The maximum atomic E-state index is 15.6. The predicted molar refractivity (Wildman–Crippen MR) is 117 cm³/mol. The normalized spacial score (nSPS) is 17.1. The van der Waals surface area contributed by atoms with Crippen molar-refractivity contribution in [1.82, 2.24) is 14.9 Å². The molecule has 1 N–H and O–H groups in total. The van der Waals surface area contributed by atoms with E-state index in [0.29, 0.717) is 42.9 Å². The highest BCUT2D eigenvalue weighted by Crippen LogP contribution is 2.44. The quantitative estimate of drug-likeness (QED) is 0.633. The molecule has 1 amide bonds. The summed E-state index contributed by atoms with van der Waals surface area (Å²) >= 11 is 0. The molecule has 2 aliphatic heterocycles. The van der Waals surface area contributed by atoms with Crippen molar-refractivity contribution in [2.75, 3.05) is 31.1 Å². The van der Waals surface area contributed by atoms with Gasteiger partial charge in [0.15, 0.2) is 5.82 Å². The number of anilines is 1. The molecule has 3 heterocycles. The zero-order valence-electron chi connectivity index (χ0n) is 17.6. The highest BCUT2D eigenvalue weighted by Gasteiger charge is 2.49. The predicted octanol–water partition coefficient (Wildman–Crippen LogP) is 3.81. The number of hydrogen-bond acceptors (Lipinski definition) is 5. The third-order valence-electron chi connectivity index (χ3n) is 6.56. The Balaban J connectivity index is 1.51. The van der Waals surface area contributed by atoms with Crippen LogP contribution in [0.4, 0.5) is 14.6 Å². The molecule has 6 nitrogen and oxygen atoms in total. The lowest BCUT2D eigenvalue weighted by molar-refractivity contribution is -0.125. The van der Waals surface area contributed by atoms with Crippen LogP contribution in [-0.4, -0.2) is 52.1 Å². The Hall–Kier alpha value is -3.55. The van der Waals surface area contributed by atoms with Crippen molar-refractivity contribution >= 4 is 22.6 Å². The van der Waals surface area contributed by atoms with Crippen molar-refractivity contribution in [2.45, 2.75) is 13.3 Å². The molecule has 1 spiro atoms. The average Bonchev–Trinajstić information content (AvgIpc) is 3.20. The second-order valence-electron chi connectivity index (χ2n) is 8.68. The van der Waals surface area contributed by atoms with Gasteiger partial charge in [0.25, 0.3) is 0 Å². The molecule has 0 bridgehead atoms. The standard InChI is InChI=1S/C24H22F2N4O2/c1-3-18(32)29-8-7-24(10-29)11-30(12-24)23-15-9-14(2)19(21(26)22(15)27-13-28-23)20-16(25)5-4-6-17(20)31/h3-6,9,13,31H,1,7-8,10-12H2,2H3. The Bertz CT molecular complexity index is 1250. The maximum absolute atomic E-state index is 15.6. The van der Waals surface area contributed by atoms with Gasteiger partial charge in [-0.3, -0.25) is 4.79 Å². The van der Waals surface area contributed by atoms with Crippen LogP contribution in [0.1, 0.15) is 12.0 Å². The highest BCUT2D eigenvalue weighted by molar-refractivity contribution is 5.95. The summed E-state index contributed by atoms with van der Waals surface area (Å²) < 4.78 is 30.0. The van der Waals surface area contributed by atoms with Crippen LogP contribution in [0.2, 0.25) is 0 Å². The lowest BCUT2D eigenvalue weighted by Crippen LogP contribution is -2.58. The Morgan fingerprint density at radius 2 is 2.00 bits per heavy atom. The van der Waals surface area contributed by atoms with Crippen molar-refractivity contribution < 1.29 is 18.7 Å². The van der Waals surface area contributed by atoms with Gasteiger partial charge in [-0.1, -0.05) is 12.6 Å². The van der Waals surface area contributed by atoms with Crippen molar-refractivity contribution in [3.05, 3.63) is 60.4 Å². The van der Waals surface area contributed by atoms with Crippen LogP contribution in [0.25, 0.3) is 22.0 Å². The molecule has 2 aliphatic rings. The summed E-state index contributed by atoms with van der Waals surface area (Å²) in [5.41, 5.74) is 0.375. The first kappa shape index (κ1) is 20.4. The molecule has 1 aromatic heterocycles. The summed E-state index contributed by atoms with van der Waals surface area (Å²) in [5.74, 6) is -1.17. The Labute approximate surface area is 183 Å². The molecule has 164 valence electrons. The van der Waals surface area contributed by atoms with E-state index < -0.39 is 11.6 Å². The molecular weight excluding hydrogens is 414 g/mol. The number of fused-ring (bicyclic) bond motifs is 1. The molecule has 5 rings (SSSR count). The SMILES string of the molecule is C=CC(=O)N1CCC2(C1)CN(c1ncnc3c(F)c(-c4c(O)cccc4F)c(C)cc13)C2. The van der Waals surface area contributed by atoms with E-state index in [0.717, 1.165) is 6.42 Å². The number of nitrogens with zero attached hydrogens (tertiary/aromatic N) is 4. The monoisotopic (exact) mass is 436 g/mol. The van der Waals surface area contributed by atoms with Gasteiger partial charge in [0.2, 0.25) is 5.91 Å². The third-order valence-corrected chi connectivity index (χ3v) is 6.56. The maximum Gasteiger partial charge on any atom is 0.245 e. The molecule has 0 radical (unpaired) electrons. The first-order chi connectivity index (χ1) is 15.3. The van der Waals surface area contributed by atoms with Crippen LogP contribution in [0.5, 0.6) is 5.75 Å². The summed E-state index contributed by atoms with van der Waals surface area (Å²) in [6.45, 7) is 8.01. The number of halogens is 2. The number of phenols is 1. The molecule has 2 fully saturated rings. The smallest absolute Gasteiger partial charge is 0.245 e. The molecule has 32 heavy (non-hydrogen) atoms. The second-order valence-corrected chi connectivity index (χ2v) is 8.68. The number of amides is 1. The minimum atomic E-state index is -0.704. The molecule has 0 atom stereocenters. The Morgan fingerprint density at radius 3 is 2.72 bits per heavy atom. The molecule has 8 heteroatoms. The van der Waals surface area contributed by atoms with Crippen molar-refractivity contribution in [2.24, 2.45) is 5.41 Å². The molecule has 2 saturated heterocycles. The fourth-order valence-corrected chi connectivity index (χ4v) is 5.02. The van der Waals surface area contributed by atoms with Crippen LogP contribution in [0.3, 0.4) is 0 Å². The van der Waals surface area contributed by atoms with Crippen LogP contribution in [0.15, 0.2) is 43.2 Å². The van der Waals surface area contributed by atoms with E-state index >= 15 is 4.39 Å². The van der Waals surface area contributed by atoms with Gasteiger partial charge in [0.1, 0.15) is 29.2 Å². The van der Waals surface area contributed by atoms with Gasteiger partial charge < -0.3 is 14.9 Å². The molecule has 3 aromatic rings. The topological polar surface area (TPSA) is 69.6 Å². The van der Waals surface area contributed by atoms with E-state index in [-0.39, 0.29) is 33.7 Å². The van der Waals surface area contributed by atoms with Crippen LogP contribution in [0, 0.1) is 24.0 Å². The van der Waals surface area contributed by atoms with Crippen LogP contribution in [-0.2, 0) is 4.79 Å². The number of benzene rings is 2. The third kappa shape index (κ3) is 3.01. The number of phenolic OH excluding ortho intramolecular Hbond substituents is 1. The van der Waals surface area contributed by atoms with Gasteiger partial charge in [-0.15, -0.1) is 0 Å². The minimum absolute atomic E-state index is 0.00241.